The zero-order valence-electron chi connectivity index (χ0n) is 9.90. The zero-order chi connectivity index (χ0) is 12.1. The summed E-state index contributed by atoms with van der Waals surface area (Å²) in [5.41, 5.74) is 0. The molecule has 0 saturated carbocycles. The Bertz CT molecular complexity index is 262. The van der Waals surface area contributed by atoms with Crippen LogP contribution in [0.4, 0.5) is 0 Å². The van der Waals surface area contributed by atoms with Crippen LogP contribution in [0.3, 0.4) is 0 Å². The molecule has 1 saturated heterocycles. The van der Waals surface area contributed by atoms with Crippen LogP contribution in [0.15, 0.2) is 0 Å². The molecule has 0 aromatic carbocycles. The topological polar surface area (TPSA) is 69.6 Å². The number of nitrogens with one attached hydrogen (secondary N) is 1. The van der Waals surface area contributed by atoms with E-state index >= 15 is 0 Å². The maximum atomic E-state index is 11.2. The maximum Gasteiger partial charge on any atom is 0.306 e. The predicted molar refractivity (Wildman–Crippen MR) is 60.0 cm³/mol. The summed E-state index contributed by atoms with van der Waals surface area (Å²) < 4.78 is 0. The summed E-state index contributed by atoms with van der Waals surface area (Å²) >= 11 is 0. The molecule has 0 spiro atoms. The largest absolute Gasteiger partial charge is 0.481 e. The van der Waals surface area contributed by atoms with Crippen molar-refractivity contribution in [3.8, 4) is 0 Å². The van der Waals surface area contributed by atoms with Gasteiger partial charge in [0, 0.05) is 32.6 Å². The molecule has 0 aliphatic carbocycles. The highest BCUT2D eigenvalue weighted by atomic mass is 16.4. The number of carbonyl (C=O) groups excluding carboxylic acids is 1. The molecule has 5 heteroatoms. The minimum atomic E-state index is -0.728. The van der Waals surface area contributed by atoms with Gasteiger partial charge in [-0.3, -0.25) is 9.59 Å². The second-order valence-electron chi connectivity index (χ2n) is 4.35. The molecular weight excluding hydrogens is 208 g/mol. The Balaban J connectivity index is 2.12. The molecule has 0 aromatic rings. The normalized spacial score (nSPS) is 18.9. The average molecular weight is 228 g/mol. The number of hydrogen-bond donors (Lipinski definition) is 2. The highest BCUT2D eigenvalue weighted by Gasteiger charge is 2.34. The first-order chi connectivity index (χ1) is 7.54. The molecule has 1 rings (SSSR count). The summed E-state index contributed by atoms with van der Waals surface area (Å²) in [6, 6.07) is 0. The summed E-state index contributed by atoms with van der Waals surface area (Å²) in [5, 5.41) is 11.6. The van der Waals surface area contributed by atoms with Gasteiger partial charge in [0.05, 0.1) is 5.92 Å². The van der Waals surface area contributed by atoms with E-state index in [4.69, 9.17) is 5.11 Å². The van der Waals surface area contributed by atoms with Crippen LogP contribution in [-0.4, -0.2) is 48.1 Å². The van der Waals surface area contributed by atoms with Crippen LogP contribution in [-0.2, 0) is 9.59 Å². The highest BCUT2D eigenvalue weighted by Crippen LogP contribution is 2.23. The van der Waals surface area contributed by atoms with Gasteiger partial charge >= 0.3 is 5.97 Å². The quantitative estimate of drug-likeness (QED) is 0.679. The first-order valence-electron chi connectivity index (χ1n) is 5.76. The zero-order valence-corrected chi connectivity index (χ0v) is 9.90. The van der Waals surface area contributed by atoms with E-state index in [1.807, 2.05) is 6.92 Å². The minimum Gasteiger partial charge on any atom is -0.481 e. The van der Waals surface area contributed by atoms with Crippen molar-refractivity contribution in [1.82, 2.24) is 10.2 Å². The molecule has 16 heavy (non-hydrogen) atoms. The first kappa shape index (κ1) is 13.0. The summed E-state index contributed by atoms with van der Waals surface area (Å²) in [7, 11) is 0. The minimum absolute atomic E-state index is 0.0669. The van der Waals surface area contributed by atoms with Crippen LogP contribution in [0, 0.1) is 11.8 Å². The molecule has 1 aliphatic rings. The van der Waals surface area contributed by atoms with Crippen LogP contribution < -0.4 is 5.32 Å². The van der Waals surface area contributed by atoms with Crippen molar-refractivity contribution < 1.29 is 14.7 Å². The van der Waals surface area contributed by atoms with E-state index in [2.05, 4.69) is 10.2 Å². The Hall–Kier alpha value is -1.10. The lowest BCUT2D eigenvalue weighted by Crippen LogP contribution is -2.51. The van der Waals surface area contributed by atoms with Gasteiger partial charge in [0.1, 0.15) is 0 Å². The van der Waals surface area contributed by atoms with E-state index < -0.39 is 5.97 Å². The number of likely N-dealkylation sites (tertiary alicyclic amines) is 1. The van der Waals surface area contributed by atoms with Crippen LogP contribution >= 0.6 is 0 Å². The summed E-state index contributed by atoms with van der Waals surface area (Å²) in [4.78, 5) is 24.0. The van der Waals surface area contributed by atoms with Crippen molar-refractivity contribution in [2.75, 3.05) is 26.2 Å². The molecule has 0 radical (unpaired) electrons. The van der Waals surface area contributed by atoms with Gasteiger partial charge in [0.2, 0.25) is 5.91 Å². The molecule has 1 heterocycles. The number of amides is 1. The number of nitrogens with zero attached hydrogens (tertiary/aromatic N) is 1. The SMILES string of the molecule is CCNC(=O)CCN1CC(C(C)C(=O)O)C1. The van der Waals surface area contributed by atoms with Gasteiger partial charge < -0.3 is 15.3 Å². The Morgan fingerprint density at radius 1 is 1.50 bits per heavy atom. The number of rotatable bonds is 6. The third kappa shape index (κ3) is 3.48. The Kier molecular flexibility index (Phi) is 4.73. The van der Waals surface area contributed by atoms with Crippen LogP contribution in [0.25, 0.3) is 0 Å². The third-order valence-electron chi connectivity index (χ3n) is 3.11. The lowest BCUT2D eigenvalue weighted by atomic mass is 9.87. The van der Waals surface area contributed by atoms with E-state index in [9.17, 15) is 9.59 Å². The van der Waals surface area contributed by atoms with E-state index in [0.29, 0.717) is 13.0 Å². The van der Waals surface area contributed by atoms with Crippen LogP contribution in [0.2, 0.25) is 0 Å². The van der Waals surface area contributed by atoms with Crippen molar-refractivity contribution in [3.05, 3.63) is 0 Å². The van der Waals surface area contributed by atoms with E-state index in [0.717, 1.165) is 19.6 Å². The van der Waals surface area contributed by atoms with Crippen molar-refractivity contribution in [2.24, 2.45) is 11.8 Å². The number of hydrogen-bond acceptors (Lipinski definition) is 3. The number of carbonyl (C=O) groups is 2. The number of aliphatic carboxylic acids is 1. The molecule has 0 aromatic heterocycles. The first-order valence-corrected chi connectivity index (χ1v) is 5.76. The Morgan fingerprint density at radius 3 is 2.62 bits per heavy atom. The summed E-state index contributed by atoms with van der Waals surface area (Å²) in [5.74, 6) is -0.696. The van der Waals surface area contributed by atoms with Gasteiger partial charge in [-0.05, 0) is 12.8 Å². The lowest BCUT2D eigenvalue weighted by molar-refractivity contribution is -0.145. The Morgan fingerprint density at radius 2 is 2.12 bits per heavy atom. The van der Waals surface area contributed by atoms with E-state index in [1.165, 1.54) is 0 Å². The number of carboxylic acids is 1. The Labute approximate surface area is 95.8 Å². The molecule has 92 valence electrons. The fourth-order valence-electron chi connectivity index (χ4n) is 1.86. The standard InChI is InChI=1S/C11H20N2O3/c1-3-12-10(14)4-5-13-6-9(7-13)8(2)11(15)16/h8-9H,3-7H2,1-2H3,(H,12,14)(H,15,16). The molecule has 1 atom stereocenters. The summed E-state index contributed by atoms with van der Waals surface area (Å²) in [6.45, 7) is 6.63. The smallest absolute Gasteiger partial charge is 0.306 e. The molecule has 2 N–H and O–H groups in total. The second-order valence-corrected chi connectivity index (χ2v) is 4.35. The van der Waals surface area contributed by atoms with Crippen molar-refractivity contribution in [1.29, 1.82) is 0 Å². The highest BCUT2D eigenvalue weighted by molar-refractivity contribution is 5.76. The van der Waals surface area contributed by atoms with E-state index in [1.54, 1.807) is 6.92 Å². The lowest BCUT2D eigenvalue weighted by Gasteiger charge is -2.41. The molecule has 1 aliphatic heterocycles. The van der Waals surface area contributed by atoms with Crippen molar-refractivity contribution in [3.63, 3.8) is 0 Å². The monoisotopic (exact) mass is 228 g/mol. The van der Waals surface area contributed by atoms with Gasteiger partial charge in [-0.2, -0.15) is 0 Å². The fraction of sp³-hybridized carbons (Fsp3) is 0.818. The number of carboxylic acid groups (broad SMARTS) is 1. The second kappa shape index (κ2) is 5.84. The van der Waals surface area contributed by atoms with Crippen LogP contribution in [0.5, 0.6) is 0 Å². The molecule has 1 fully saturated rings. The molecule has 1 unspecified atom stereocenters. The molecule has 0 bridgehead atoms. The van der Waals surface area contributed by atoms with E-state index in [-0.39, 0.29) is 17.7 Å². The van der Waals surface area contributed by atoms with Crippen LogP contribution in [0.1, 0.15) is 20.3 Å². The fourth-order valence-corrected chi connectivity index (χ4v) is 1.86. The van der Waals surface area contributed by atoms with Gasteiger partial charge in [-0.15, -0.1) is 0 Å². The molecule has 1 amide bonds. The average Bonchev–Trinajstić information content (AvgIpc) is 2.15. The van der Waals surface area contributed by atoms with Crippen molar-refractivity contribution in [2.45, 2.75) is 20.3 Å². The molecular formula is C11H20N2O3. The predicted octanol–water partition coefficient (Wildman–Crippen LogP) is 0.165. The van der Waals surface area contributed by atoms with Gasteiger partial charge in [-0.1, -0.05) is 6.92 Å². The maximum absolute atomic E-state index is 11.2. The third-order valence-corrected chi connectivity index (χ3v) is 3.11. The molecule has 5 nitrogen and oxygen atoms in total. The van der Waals surface area contributed by atoms with Crippen molar-refractivity contribution >= 4 is 11.9 Å². The van der Waals surface area contributed by atoms with Gasteiger partial charge in [-0.25, -0.2) is 0 Å². The van der Waals surface area contributed by atoms with Gasteiger partial charge in [0.15, 0.2) is 0 Å². The summed E-state index contributed by atoms with van der Waals surface area (Å²) in [6.07, 6.45) is 0.502. The van der Waals surface area contributed by atoms with Gasteiger partial charge in [0.25, 0.3) is 0 Å².